The molecule has 0 atom stereocenters. The summed E-state index contributed by atoms with van der Waals surface area (Å²) < 4.78 is 0. The van der Waals surface area contributed by atoms with Crippen LogP contribution in [0.1, 0.15) is 16.7 Å². The van der Waals surface area contributed by atoms with Crippen LogP contribution in [0.25, 0.3) is 32.3 Å². The van der Waals surface area contributed by atoms with Gasteiger partial charge in [0.05, 0.1) is 0 Å². The quantitative estimate of drug-likeness (QED) is 0.213. The number of fused-ring (bicyclic) bond motifs is 3. The molecular formula is C27H18. The van der Waals surface area contributed by atoms with Gasteiger partial charge < -0.3 is 0 Å². The molecule has 0 radical (unpaired) electrons. The molecule has 0 amide bonds. The Kier molecular flexibility index (Phi) is 3.66. The fourth-order valence-electron chi connectivity index (χ4n) is 3.60. The van der Waals surface area contributed by atoms with Crippen molar-refractivity contribution in [3.8, 4) is 11.8 Å². The van der Waals surface area contributed by atoms with Crippen molar-refractivity contribution in [1.82, 2.24) is 0 Å². The highest BCUT2D eigenvalue weighted by molar-refractivity contribution is 6.05. The molecule has 5 rings (SSSR count). The van der Waals surface area contributed by atoms with Crippen molar-refractivity contribution in [2.45, 2.75) is 6.92 Å². The molecule has 0 fully saturated rings. The number of rotatable bonds is 0. The van der Waals surface area contributed by atoms with E-state index in [9.17, 15) is 0 Å². The van der Waals surface area contributed by atoms with E-state index >= 15 is 0 Å². The topological polar surface area (TPSA) is 0 Å². The highest BCUT2D eigenvalue weighted by Gasteiger charge is 2.03. The minimum Gasteiger partial charge on any atom is -0.0616 e. The van der Waals surface area contributed by atoms with E-state index in [4.69, 9.17) is 0 Å². The monoisotopic (exact) mass is 342 g/mol. The highest BCUT2D eigenvalue weighted by atomic mass is 14.1. The van der Waals surface area contributed by atoms with E-state index in [1.807, 2.05) is 0 Å². The highest BCUT2D eigenvalue weighted by Crippen LogP contribution is 2.28. The summed E-state index contributed by atoms with van der Waals surface area (Å²) in [6, 6.07) is 32.3. The average molecular weight is 342 g/mol. The van der Waals surface area contributed by atoms with Gasteiger partial charge in [0.25, 0.3) is 0 Å². The van der Waals surface area contributed by atoms with Gasteiger partial charge in [0.1, 0.15) is 0 Å². The molecule has 0 spiro atoms. The van der Waals surface area contributed by atoms with Crippen LogP contribution in [0.15, 0.2) is 91.0 Å². The third-order valence-corrected chi connectivity index (χ3v) is 5.10. The van der Waals surface area contributed by atoms with Crippen LogP contribution < -0.4 is 0 Å². The van der Waals surface area contributed by atoms with Crippen molar-refractivity contribution < 1.29 is 0 Å². The summed E-state index contributed by atoms with van der Waals surface area (Å²) in [7, 11) is 0. The minimum absolute atomic E-state index is 1.05. The lowest BCUT2D eigenvalue weighted by molar-refractivity contribution is 1.46. The first kappa shape index (κ1) is 15.7. The summed E-state index contributed by atoms with van der Waals surface area (Å²) in [5.41, 5.74) is 3.37. The second-order valence-electron chi connectivity index (χ2n) is 7.04. The lowest BCUT2D eigenvalue weighted by Crippen LogP contribution is -1.83. The Morgan fingerprint density at radius 1 is 0.519 bits per heavy atom. The normalized spacial score (nSPS) is 10.9. The standard InChI is InChI=1S/C27H18/c1-19-9-11-20(12-10-19)13-14-21-7-4-8-24-17-25-15-22-5-2-3-6-23(22)16-26(25)18-27(21)24/h2-12,15-18H,1H3. The Labute approximate surface area is 159 Å². The lowest BCUT2D eigenvalue weighted by Gasteiger charge is -2.06. The van der Waals surface area contributed by atoms with Gasteiger partial charge in [-0.3, -0.25) is 0 Å². The molecule has 0 N–H and O–H groups in total. The molecule has 126 valence electrons. The zero-order chi connectivity index (χ0) is 18.2. The first-order chi connectivity index (χ1) is 13.3. The molecular weight excluding hydrogens is 324 g/mol. The number of hydrogen-bond donors (Lipinski definition) is 0. The first-order valence-electron chi connectivity index (χ1n) is 9.20. The Bertz CT molecular complexity index is 1360. The molecule has 0 bridgehead atoms. The summed E-state index contributed by atoms with van der Waals surface area (Å²) >= 11 is 0. The van der Waals surface area contributed by atoms with E-state index in [-0.39, 0.29) is 0 Å². The van der Waals surface area contributed by atoms with Gasteiger partial charge in [-0.2, -0.15) is 0 Å². The predicted octanol–water partition coefficient (Wildman–Crippen LogP) is 6.85. The maximum Gasteiger partial charge on any atom is 0.0327 e. The van der Waals surface area contributed by atoms with Crippen LogP contribution in [0.4, 0.5) is 0 Å². The third-order valence-electron chi connectivity index (χ3n) is 5.10. The zero-order valence-electron chi connectivity index (χ0n) is 15.2. The van der Waals surface area contributed by atoms with E-state index in [2.05, 4.69) is 110 Å². The van der Waals surface area contributed by atoms with Crippen LogP contribution in [0.2, 0.25) is 0 Å². The van der Waals surface area contributed by atoms with Gasteiger partial charge in [-0.05, 0) is 81.7 Å². The fraction of sp³-hybridized carbons (Fsp3) is 0.0370. The van der Waals surface area contributed by atoms with Crippen LogP contribution in [-0.2, 0) is 0 Å². The molecule has 0 heterocycles. The molecule has 0 aliphatic rings. The molecule has 0 aromatic heterocycles. The molecule has 0 aliphatic carbocycles. The van der Waals surface area contributed by atoms with E-state index in [0.29, 0.717) is 0 Å². The van der Waals surface area contributed by atoms with E-state index in [0.717, 1.165) is 11.1 Å². The Morgan fingerprint density at radius 2 is 1.15 bits per heavy atom. The van der Waals surface area contributed by atoms with Crippen molar-refractivity contribution in [1.29, 1.82) is 0 Å². The Morgan fingerprint density at radius 3 is 1.89 bits per heavy atom. The van der Waals surface area contributed by atoms with Gasteiger partial charge in [0.15, 0.2) is 0 Å². The van der Waals surface area contributed by atoms with Crippen molar-refractivity contribution in [2.75, 3.05) is 0 Å². The average Bonchev–Trinajstić information content (AvgIpc) is 2.70. The van der Waals surface area contributed by atoms with Gasteiger partial charge in [0.2, 0.25) is 0 Å². The van der Waals surface area contributed by atoms with E-state index in [1.165, 1.54) is 37.9 Å². The smallest absolute Gasteiger partial charge is 0.0327 e. The maximum atomic E-state index is 3.38. The minimum atomic E-state index is 1.05. The summed E-state index contributed by atoms with van der Waals surface area (Å²) in [6.07, 6.45) is 0. The molecule has 0 heteroatoms. The molecule has 5 aromatic carbocycles. The van der Waals surface area contributed by atoms with Crippen LogP contribution in [0.3, 0.4) is 0 Å². The van der Waals surface area contributed by atoms with Crippen LogP contribution in [0, 0.1) is 18.8 Å². The zero-order valence-corrected chi connectivity index (χ0v) is 15.2. The van der Waals surface area contributed by atoms with Gasteiger partial charge in [-0.1, -0.05) is 65.9 Å². The van der Waals surface area contributed by atoms with Crippen molar-refractivity contribution in [3.05, 3.63) is 108 Å². The fourth-order valence-corrected chi connectivity index (χ4v) is 3.60. The third kappa shape index (κ3) is 2.94. The molecule has 0 saturated heterocycles. The lowest BCUT2D eigenvalue weighted by atomic mass is 9.97. The largest absolute Gasteiger partial charge is 0.0616 e. The first-order valence-corrected chi connectivity index (χ1v) is 9.20. The SMILES string of the molecule is Cc1ccc(C#Cc2cccc3cc4cc5ccccc5cc4cc23)cc1. The number of hydrogen-bond acceptors (Lipinski definition) is 0. The Hall–Kier alpha value is -3.56. The summed E-state index contributed by atoms with van der Waals surface area (Å²) in [5.74, 6) is 6.68. The van der Waals surface area contributed by atoms with Crippen LogP contribution >= 0.6 is 0 Å². The number of aryl methyl sites for hydroxylation is 1. The van der Waals surface area contributed by atoms with Crippen LogP contribution in [0.5, 0.6) is 0 Å². The van der Waals surface area contributed by atoms with Crippen LogP contribution in [-0.4, -0.2) is 0 Å². The summed E-state index contributed by atoms with van der Waals surface area (Å²) in [5, 5.41) is 7.51. The van der Waals surface area contributed by atoms with Crippen molar-refractivity contribution >= 4 is 32.3 Å². The molecule has 0 saturated carbocycles. The second-order valence-corrected chi connectivity index (χ2v) is 7.04. The van der Waals surface area contributed by atoms with Gasteiger partial charge in [-0.15, -0.1) is 0 Å². The maximum absolute atomic E-state index is 3.38. The molecule has 5 aromatic rings. The number of benzene rings is 5. The van der Waals surface area contributed by atoms with Gasteiger partial charge in [0, 0.05) is 11.1 Å². The molecule has 0 unspecified atom stereocenters. The second kappa shape index (κ2) is 6.31. The Balaban J connectivity index is 1.70. The summed E-state index contributed by atoms with van der Waals surface area (Å²) in [6.45, 7) is 2.09. The predicted molar refractivity (Wildman–Crippen MR) is 116 cm³/mol. The van der Waals surface area contributed by atoms with Crippen molar-refractivity contribution in [3.63, 3.8) is 0 Å². The van der Waals surface area contributed by atoms with E-state index < -0.39 is 0 Å². The molecule has 0 aliphatic heterocycles. The molecule has 0 nitrogen and oxygen atoms in total. The van der Waals surface area contributed by atoms with Crippen molar-refractivity contribution in [2.24, 2.45) is 0 Å². The van der Waals surface area contributed by atoms with Gasteiger partial charge in [-0.25, -0.2) is 0 Å². The van der Waals surface area contributed by atoms with E-state index in [1.54, 1.807) is 0 Å². The van der Waals surface area contributed by atoms with Gasteiger partial charge >= 0.3 is 0 Å². The summed E-state index contributed by atoms with van der Waals surface area (Å²) in [4.78, 5) is 0. The molecule has 27 heavy (non-hydrogen) atoms.